The minimum Gasteiger partial charge on any atom is -0.482 e. The lowest BCUT2D eigenvalue weighted by molar-refractivity contribution is -0.150. The molecule has 0 spiro atoms. The van der Waals surface area contributed by atoms with E-state index in [9.17, 15) is 9.59 Å². The maximum atomic E-state index is 11.5. The highest BCUT2D eigenvalue weighted by Crippen LogP contribution is 2.15. The Hall–Kier alpha value is -1.56. The molecule has 1 N–H and O–H groups in total. The summed E-state index contributed by atoms with van der Waals surface area (Å²) in [5, 5.41) is 2.75. The predicted octanol–water partition coefficient (Wildman–Crippen LogP) is 2.68. The molecule has 1 aromatic rings. The highest BCUT2D eigenvalue weighted by atomic mass is 79.9. The van der Waals surface area contributed by atoms with Crippen LogP contribution in [-0.4, -0.2) is 31.1 Å². The smallest absolute Gasteiger partial charge is 0.344 e. The predicted molar refractivity (Wildman–Crippen MR) is 83.1 cm³/mol. The van der Waals surface area contributed by atoms with Gasteiger partial charge in [0.05, 0.1) is 0 Å². The summed E-state index contributed by atoms with van der Waals surface area (Å²) in [7, 11) is 0. The minimum atomic E-state index is -0.573. The molecule has 0 heterocycles. The van der Waals surface area contributed by atoms with Crippen molar-refractivity contribution in [2.75, 3.05) is 13.2 Å². The van der Waals surface area contributed by atoms with Crippen molar-refractivity contribution in [3.05, 3.63) is 28.7 Å². The number of esters is 1. The number of halogens is 1. The van der Waals surface area contributed by atoms with Gasteiger partial charge in [0.25, 0.3) is 5.91 Å². The Morgan fingerprint density at radius 1 is 1.24 bits per heavy atom. The second kappa shape index (κ2) is 9.39. The third-order valence-corrected chi connectivity index (χ3v) is 3.19. The highest BCUT2D eigenvalue weighted by molar-refractivity contribution is 9.10. The monoisotopic (exact) mass is 357 g/mol. The number of hydrogen-bond acceptors (Lipinski definition) is 4. The molecule has 5 nitrogen and oxygen atoms in total. The molecule has 0 radical (unpaired) electrons. The molecule has 0 saturated carbocycles. The molecule has 0 bridgehead atoms. The molecule has 1 aromatic carbocycles. The summed E-state index contributed by atoms with van der Waals surface area (Å²) in [6.45, 7) is 3.46. The summed E-state index contributed by atoms with van der Waals surface area (Å²) in [6, 6.07) is 7.17. The van der Waals surface area contributed by atoms with Crippen molar-refractivity contribution in [2.45, 2.75) is 32.7 Å². The molecule has 1 amide bonds. The van der Waals surface area contributed by atoms with E-state index in [0.717, 1.165) is 17.3 Å². The number of ether oxygens (including phenoxy) is 2. The van der Waals surface area contributed by atoms with Crippen LogP contribution >= 0.6 is 15.9 Å². The lowest BCUT2D eigenvalue weighted by atomic mass is 10.2. The fourth-order valence-electron chi connectivity index (χ4n) is 1.68. The van der Waals surface area contributed by atoms with E-state index in [1.165, 1.54) is 0 Å². The number of benzene rings is 1. The molecule has 0 unspecified atom stereocenters. The van der Waals surface area contributed by atoms with E-state index in [2.05, 4.69) is 21.2 Å². The maximum Gasteiger partial charge on any atom is 0.344 e. The van der Waals surface area contributed by atoms with Crippen molar-refractivity contribution >= 4 is 27.8 Å². The molecule has 0 aliphatic heterocycles. The van der Waals surface area contributed by atoms with Crippen LogP contribution in [0.25, 0.3) is 0 Å². The standard InChI is InChI=1S/C15H20BrNO4/c1-3-4-11(2)17-14(18)9-21-15(19)10-20-13-7-5-12(16)6-8-13/h5-8,11H,3-4,9-10H2,1-2H3,(H,17,18)/t11-/m1/s1. The second-order valence-electron chi connectivity index (χ2n) is 4.66. The van der Waals surface area contributed by atoms with Crippen LogP contribution in [0.1, 0.15) is 26.7 Å². The van der Waals surface area contributed by atoms with Gasteiger partial charge in [-0.3, -0.25) is 4.79 Å². The van der Waals surface area contributed by atoms with Crippen LogP contribution in [0.3, 0.4) is 0 Å². The van der Waals surface area contributed by atoms with Gasteiger partial charge in [0.1, 0.15) is 5.75 Å². The third kappa shape index (κ3) is 7.70. The van der Waals surface area contributed by atoms with Crippen molar-refractivity contribution in [2.24, 2.45) is 0 Å². The van der Waals surface area contributed by atoms with Crippen molar-refractivity contribution in [3.63, 3.8) is 0 Å². The lowest BCUT2D eigenvalue weighted by Gasteiger charge is -2.12. The molecule has 0 saturated heterocycles. The van der Waals surface area contributed by atoms with E-state index >= 15 is 0 Å². The van der Waals surface area contributed by atoms with Crippen LogP contribution in [0.5, 0.6) is 5.75 Å². The van der Waals surface area contributed by atoms with Gasteiger partial charge in [0, 0.05) is 10.5 Å². The second-order valence-corrected chi connectivity index (χ2v) is 5.58. The molecule has 0 aliphatic carbocycles. The Morgan fingerprint density at radius 3 is 2.52 bits per heavy atom. The Morgan fingerprint density at radius 2 is 1.90 bits per heavy atom. The van der Waals surface area contributed by atoms with Gasteiger partial charge in [-0.15, -0.1) is 0 Å². The minimum absolute atomic E-state index is 0.0835. The van der Waals surface area contributed by atoms with Crippen LogP contribution in [0, 0.1) is 0 Å². The maximum absolute atomic E-state index is 11.5. The molecule has 1 atom stereocenters. The number of carbonyl (C=O) groups is 2. The number of carbonyl (C=O) groups excluding carboxylic acids is 2. The van der Waals surface area contributed by atoms with Crippen LogP contribution < -0.4 is 10.1 Å². The quantitative estimate of drug-likeness (QED) is 0.726. The molecule has 0 aromatic heterocycles. The zero-order chi connectivity index (χ0) is 15.7. The average molecular weight is 358 g/mol. The first-order chi connectivity index (χ1) is 10.0. The Bertz CT molecular complexity index is 461. The number of rotatable bonds is 8. The highest BCUT2D eigenvalue weighted by Gasteiger charge is 2.10. The van der Waals surface area contributed by atoms with Gasteiger partial charge in [0.2, 0.25) is 0 Å². The first kappa shape index (κ1) is 17.5. The fraction of sp³-hybridized carbons (Fsp3) is 0.467. The van der Waals surface area contributed by atoms with E-state index in [1.54, 1.807) is 12.1 Å². The van der Waals surface area contributed by atoms with Crippen LogP contribution in [-0.2, 0) is 14.3 Å². The molecule has 6 heteroatoms. The first-order valence-corrected chi connectivity index (χ1v) is 7.64. The zero-order valence-corrected chi connectivity index (χ0v) is 13.8. The number of nitrogens with one attached hydrogen (secondary N) is 1. The normalized spacial score (nSPS) is 11.6. The van der Waals surface area contributed by atoms with E-state index in [1.807, 2.05) is 26.0 Å². The molecular formula is C15H20BrNO4. The fourth-order valence-corrected chi connectivity index (χ4v) is 1.95. The Balaban J connectivity index is 2.21. The summed E-state index contributed by atoms with van der Waals surface area (Å²) in [5.74, 6) is -0.305. The van der Waals surface area contributed by atoms with Crippen molar-refractivity contribution in [1.29, 1.82) is 0 Å². The first-order valence-electron chi connectivity index (χ1n) is 6.84. The van der Waals surface area contributed by atoms with Gasteiger partial charge in [0.15, 0.2) is 13.2 Å². The lowest BCUT2D eigenvalue weighted by Crippen LogP contribution is -2.36. The summed E-state index contributed by atoms with van der Waals surface area (Å²) >= 11 is 3.31. The molecule has 21 heavy (non-hydrogen) atoms. The SMILES string of the molecule is CCC[C@@H](C)NC(=O)COC(=O)COc1ccc(Br)cc1. The summed E-state index contributed by atoms with van der Waals surface area (Å²) in [6.07, 6.45) is 1.88. The van der Waals surface area contributed by atoms with E-state index in [-0.39, 0.29) is 25.2 Å². The Kier molecular flexibility index (Phi) is 7.82. The van der Waals surface area contributed by atoms with Gasteiger partial charge >= 0.3 is 5.97 Å². The van der Waals surface area contributed by atoms with E-state index in [0.29, 0.717) is 5.75 Å². The van der Waals surface area contributed by atoms with Crippen LogP contribution in [0.4, 0.5) is 0 Å². The van der Waals surface area contributed by atoms with Crippen molar-refractivity contribution in [1.82, 2.24) is 5.32 Å². The van der Waals surface area contributed by atoms with Crippen molar-refractivity contribution < 1.29 is 19.1 Å². The summed E-state index contributed by atoms with van der Waals surface area (Å²) in [5.41, 5.74) is 0. The van der Waals surface area contributed by atoms with Crippen LogP contribution in [0.15, 0.2) is 28.7 Å². The van der Waals surface area contributed by atoms with E-state index < -0.39 is 5.97 Å². The largest absolute Gasteiger partial charge is 0.482 e. The van der Waals surface area contributed by atoms with Gasteiger partial charge < -0.3 is 14.8 Å². The van der Waals surface area contributed by atoms with Crippen LogP contribution in [0.2, 0.25) is 0 Å². The number of hydrogen-bond donors (Lipinski definition) is 1. The van der Waals surface area contributed by atoms with Gasteiger partial charge in [-0.05, 0) is 37.6 Å². The van der Waals surface area contributed by atoms with Gasteiger partial charge in [-0.1, -0.05) is 29.3 Å². The summed E-state index contributed by atoms with van der Waals surface area (Å²) in [4.78, 5) is 23.0. The zero-order valence-electron chi connectivity index (χ0n) is 12.2. The molecule has 116 valence electrons. The molecule has 0 fully saturated rings. The topological polar surface area (TPSA) is 64.6 Å². The number of amides is 1. The van der Waals surface area contributed by atoms with Gasteiger partial charge in [-0.25, -0.2) is 4.79 Å². The molecule has 1 rings (SSSR count). The van der Waals surface area contributed by atoms with Gasteiger partial charge in [-0.2, -0.15) is 0 Å². The van der Waals surface area contributed by atoms with E-state index in [4.69, 9.17) is 9.47 Å². The Labute approximate surface area is 133 Å². The third-order valence-electron chi connectivity index (χ3n) is 2.66. The summed E-state index contributed by atoms with van der Waals surface area (Å²) < 4.78 is 11.0. The average Bonchev–Trinajstić information content (AvgIpc) is 2.44. The molecular weight excluding hydrogens is 338 g/mol. The van der Waals surface area contributed by atoms with Crippen molar-refractivity contribution in [3.8, 4) is 5.75 Å². The molecule has 0 aliphatic rings.